The second kappa shape index (κ2) is 3.23. The molecular formula is C11H13NO. The number of aromatic nitrogens is 1. The van der Waals surface area contributed by atoms with Crippen LogP contribution in [0.5, 0.6) is 0 Å². The van der Waals surface area contributed by atoms with Gasteiger partial charge in [0, 0.05) is 23.7 Å². The molecule has 0 unspecified atom stereocenters. The fourth-order valence-electron chi connectivity index (χ4n) is 1.60. The normalized spacial score (nSPS) is 10.9. The maximum absolute atomic E-state index is 8.79. The lowest BCUT2D eigenvalue weighted by atomic mass is 10.1. The van der Waals surface area contributed by atoms with Gasteiger partial charge in [0.15, 0.2) is 0 Å². The Morgan fingerprint density at radius 1 is 1.38 bits per heavy atom. The third kappa shape index (κ3) is 1.45. The van der Waals surface area contributed by atoms with Crippen LogP contribution in [0.4, 0.5) is 0 Å². The van der Waals surface area contributed by atoms with E-state index < -0.39 is 0 Å². The van der Waals surface area contributed by atoms with Gasteiger partial charge in [-0.25, -0.2) is 0 Å². The second-order valence-electron chi connectivity index (χ2n) is 3.33. The van der Waals surface area contributed by atoms with E-state index in [1.807, 2.05) is 6.20 Å². The molecule has 2 N–H and O–H groups in total. The van der Waals surface area contributed by atoms with Crippen LogP contribution in [0.15, 0.2) is 24.4 Å². The lowest BCUT2D eigenvalue weighted by Gasteiger charge is -1.98. The predicted molar refractivity (Wildman–Crippen MR) is 53.8 cm³/mol. The molecule has 0 atom stereocenters. The average Bonchev–Trinajstić information content (AvgIpc) is 2.48. The molecule has 0 spiro atoms. The van der Waals surface area contributed by atoms with Crippen LogP contribution < -0.4 is 0 Å². The van der Waals surface area contributed by atoms with Crippen LogP contribution in [-0.4, -0.2) is 16.7 Å². The Morgan fingerprint density at radius 2 is 2.23 bits per heavy atom. The van der Waals surface area contributed by atoms with Crippen LogP contribution in [0.1, 0.15) is 11.1 Å². The highest BCUT2D eigenvalue weighted by Gasteiger charge is 1.99. The molecule has 0 aliphatic heterocycles. The highest BCUT2D eigenvalue weighted by Crippen LogP contribution is 2.18. The number of H-pyrrole nitrogens is 1. The molecule has 0 saturated carbocycles. The number of aliphatic hydroxyl groups is 1. The van der Waals surface area contributed by atoms with E-state index in [1.165, 1.54) is 16.5 Å². The Bertz CT molecular complexity index is 417. The minimum atomic E-state index is 0.213. The van der Waals surface area contributed by atoms with Crippen LogP contribution >= 0.6 is 0 Å². The summed E-state index contributed by atoms with van der Waals surface area (Å²) in [5.74, 6) is 0. The number of hydrogen-bond acceptors (Lipinski definition) is 1. The van der Waals surface area contributed by atoms with Crippen LogP contribution in [0.2, 0.25) is 0 Å². The van der Waals surface area contributed by atoms with Gasteiger partial charge in [0.25, 0.3) is 0 Å². The molecule has 2 aromatic rings. The highest BCUT2D eigenvalue weighted by atomic mass is 16.2. The van der Waals surface area contributed by atoms with E-state index in [-0.39, 0.29) is 6.61 Å². The van der Waals surface area contributed by atoms with E-state index in [4.69, 9.17) is 5.11 Å². The molecule has 0 saturated heterocycles. The van der Waals surface area contributed by atoms with Crippen LogP contribution in [0.3, 0.4) is 0 Å². The summed E-state index contributed by atoms with van der Waals surface area (Å²) in [6, 6.07) is 6.27. The molecule has 2 nitrogen and oxygen atoms in total. The van der Waals surface area contributed by atoms with E-state index in [9.17, 15) is 0 Å². The highest BCUT2D eigenvalue weighted by molar-refractivity contribution is 5.83. The number of rotatable bonds is 2. The van der Waals surface area contributed by atoms with Crippen molar-refractivity contribution in [2.75, 3.05) is 6.61 Å². The summed E-state index contributed by atoms with van der Waals surface area (Å²) in [6.45, 7) is 2.30. The third-order valence-corrected chi connectivity index (χ3v) is 2.35. The van der Waals surface area contributed by atoms with Gasteiger partial charge in [-0.1, -0.05) is 12.1 Å². The van der Waals surface area contributed by atoms with Gasteiger partial charge in [0.2, 0.25) is 0 Å². The van der Waals surface area contributed by atoms with Crippen molar-refractivity contribution in [1.82, 2.24) is 4.98 Å². The number of fused-ring (bicyclic) bond motifs is 1. The molecule has 1 aromatic carbocycles. The van der Waals surface area contributed by atoms with Crippen LogP contribution in [0, 0.1) is 6.92 Å². The van der Waals surface area contributed by atoms with Crippen molar-refractivity contribution in [1.29, 1.82) is 0 Å². The van der Waals surface area contributed by atoms with Crippen LogP contribution in [-0.2, 0) is 6.42 Å². The van der Waals surface area contributed by atoms with Gasteiger partial charge in [-0.05, 0) is 30.5 Å². The Kier molecular flexibility index (Phi) is 2.07. The predicted octanol–water partition coefficient (Wildman–Crippen LogP) is 2.01. The first-order chi connectivity index (χ1) is 6.31. The van der Waals surface area contributed by atoms with Gasteiger partial charge < -0.3 is 10.1 Å². The fraction of sp³-hybridized carbons (Fsp3) is 0.273. The zero-order valence-electron chi connectivity index (χ0n) is 7.67. The Hall–Kier alpha value is -1.28. The average molecular weight is 175 g/mol. The number of aromatic amines is 1. The Morgan fingerprint density at radius 3 is 3.00 bits per heavy atom. The first-order valence-electron chi connectivity index (χ1n) is 4.49. The first-order valence-corrected chi connectivity index (χ1v) is 4.49. The molecular weight excluding hydrogens is 162 g/mol. The maximum Gasteiger partial charge on any atom is 0.0471 e. The third-order valence-electron chi connectivity index (χ3n) is 2.35. The number of aliphatic hydroxyl groups excluding tert-OH is 1. The summed E-state index contributed by atoms with van der Waals surface area (Å²) >= 11 is 0. The summed E-state index contributed by atoms with van der Waals surface area (Å²) in [5.41, 5.74) is 3.60. The Labute approximate surface area is 77.2 Å². The van der Waals surface area contributed by atoms with E-state index in [1.54, 1.807) is 0 Å². The summed E-state index contributed by atoms with van der Waals surface area (Å²) in [6.07, 6.45) is 2.74. The van der Waals surface area contributed by atoms with Gasteiger partial charge in [-0.15, -0.1) is 0 Å². The quantitative estimate of drug-likeness (QED) is 0.719. The Balaban J connectivity index is 2.50. The second-order valence-corrected chi connectivity index (χ2v) is 3.33. The molecule has 0 aliphatic carbocycles. The molecule has 2 rings (SSSR count). The number of hydrogen-bond donors (Lipinski definition) is 2. The van der Waals surface area contributed by atoms with E-state index in [0.717, 1.165) is 11.9 Å². The van der Waals surface area contributed by atoms with Gasteiger partial charge in [-0.3, -0.25) is 0 Å². The largest absolute Gasteiger partial charge is 0.396 e. The molecule has 0 bridgehead atoms. The summed E-state index contributed by atoms with van der Waals surface area (Å²) < 4.78 is 0. The molecule has 13 heavy (non-hydrogen) atoms. The van der Waals surface area contributed by atoms with Gasteiger partial charge in [-0.2, -0.15) is 0 Å². The number of benzene rings is 1. The van der Waals surface area contributed by atoms with E-state index >= 15 is 0 Å². The van der Waals surface area contributed by atoms with Crippen molar-refractivity contribution >= 4 is 10.9 Å². The SMILES string of the molecule is Cc1c[nH]c2cc(CCO)ccc12. The van der Waals surface area contributed by atoms with Crippen molar-refractivity contribution in [2.45, 2.75) is 13.3 Å². The first kappa shape index (κ1) is 8.32. The van der Waals surface area contributed by atoms with E-state index in [0.29, 0.717) is 0 Å². The van der Waals surface area contributed by atoms with Crippen molar-refractivity contribution in [3.8, 4) is 0 Å². The van der Waals surface area contributed by atoms with Crippen molar-refractivity contribution in [3.63, 3.8) is 0 Å². The molecule has 1 heterocycles. The maximum atomic E-state index is 8.79. The summed E-state index contributed by atoms with van der Waals surface area (Å²) in [5, 5.41) is 10.1. The van der Waals surface area contributed by atoms with Gasteiger partial charge in [0.1, 0.15) is 0 Å². The number of aryl methyl sites for hydroxylation is 1. The fourth-order valence-corrected chi connectivity index (χ4v) is 1.60. The zero-order chi connectivity index (χ0) is 9.26. The summed E-state index contributed by atoms with van der Waals surface area (Å²) in [7, 11) is 0. The molecule has 0 amide bonds. The van der Waals surface area contributed by atoms with Crippen molar-refractivity contribution in [3.05, 3.63) is 35.5 Å². The van der Waals surface area contributed by atoms with Gasteiger partial charge in [0.05, 0.1) is 0 Å². The topological polar surface area (TPSA) is 36.0 Å². The standard InChI is InChI=1S/C11H13NO/c1-8-7-12-11-6-9(4-5-13)2-3-10(8)11/h2-3,6-7,12-13H,4-5H2,1H3. The lowest BCUT2D eigenvalue weighted by Crippen LogP contribution is -1.89. The van der Waals surface area contributed by atoms with Crippen LogP contribution in [0.25, 0.3) is 10.9 Å². The monoisotopic (exact) mass is 175 g/mol. The number of nitrogens with one attached hydrogen (secondary N) is 1. The summed E-state index contributed by atoms with van der Waals surface area (Å²) in [4.78, 5) is 3.21. The molecule has 0 radical (unpaired) electrons. The zero-order valence-corrected chi connectivity index (χ0v) is 7.67. The van der Waals surface area contributed by atoms with Crippen molar-refractivity contribution < 1.29 is 5.11 Å². The minimum absolute atomic E-state index is 0.213. The molecule has 68 valence electrons. The minimum Gasteiger partial charge on any atom is -0.396 e. The molecule has 0 aliphatic rings. The van der Waals surface area contributed by atoms with Crippen molar-refractivity contribution in [2.24, 2.45) is 0 Å². The molecule has 2 heteroatoms. The van der Waals surface area contributed by atoms with Gasteiger partial charge >= 0.3 is 0 Å². The molecule has 0 fully saturated rings. The lowest BCUT2D eigenvalue weighted by molar-refractivity contribution is 0.299. The smallest absolute Gasteiger partial charge is 0.0471 e. The van der Waals surface area contributed by atoms with E-state index in [2.05, 4.69) is 30.1 Å². The molecule has 1 aromatic heterocycles.